The first-order valence-electron chi connectivity index (χ1n) is 11.5. The molecule has 3 rings (SSSR count). The van der Waals surface area contributed by atoms with Gasteiger partial charge in [-0.05, 0) is 55.5 Å². The molecule has 7 nitrogen and oxygen atoms in total. The lowest BCUT2D eigenvalue weighted by Crippen LogP contribution is -2.43. The number of carbonyl (C=O) groups is 1. The van der Waals surface area contributed by atoms with E-state index in [-0.39, 0.29) is 17.2 Å². The largest absolute Gasteiger partial charge is 0.508 e. The van der Waals surface area contributed by atoms with E-state index in [1.807, 2.05) is 36.4 Å². The number of carbonyl (C=O) groups excluding carboxylic acids is 1. The van der Waals surface area contributed by atoms with Gasteiger partial charge >= 0.3 is 0 Å². The smallest absolute Gasteiger partial charge is 0.224 e. The Morgan fingerprint density at radius 3 is 2.59 bits per heavy atom. The number of nitrogen functional groups attached to an aromatic ring is 1. The molecule has 0 radical (unpaired) electrons. The number of nitrogens with two attached hydrogens (primary N) is 1. The maximum Gasteiger partial charge on any atom is 0.224 e. The summed E-state index contributed by atoms with van der Waals surface area (Å²) in [6, 6.07) is 18.6. The van der Waals surface area contributed by atoms with Gasteiger partial charge in [-0.2, -0.15) is 0 Å². The summed E-state index contributed by atoms with van der Waals surface area (Å²) >= 11 is 0. The summed E-state index contributed by atoms with van der Waals surface area (Å²) in [4.78, 5) is 16.4. The summed E-state index contributed by atoms with van der Waals surface area (Å²) in [7, 11) is 0. The molecule has 1 heterocycles. The van der Waals surface area contributed by atoms with Crippen molar-refractivity contribution in [2.45, 2.75) is 44.8 Å². The lowest BCUT2D eigenvalue weighted by molar-refractivity contribution is -0.120. The molecule has 3 aromatic rings. The second kappa shape index (κ2) is 11.6. The molecule has 6 N–H and O–H groups in total. The van der Waals surface area contributed by atoms with E-state index >= 15 is 0 Å². The highest BCUT2D eigenvalue weighted by atomic mass is 16.3. The molecule has 0 saturated carbocycles. The zero-order valence-corrected chi connectivity index (χ0v) is 19.8. The Balaban J connectivity index is 1.48. The Morgan fingerprint density at radius 1 is 1.09 bits per heavy atom. The monoisotopic (exact) mass is 462 g/mol. The van der Waals surface area contributed by atoms with Gasteiger partial charge in [-0.3, -0.25) is 4.79 Å². The van der Waals surface area contributed by atoms with E-state index in [0.717, 1.165) is 23.1 Å². The van der Waals surface area contributed by atoms with Crippen molar-refractivity contribution in [3.8, 4) is 5.75 Å². The molecule has 2 aromatic carbocycles. The average molecular weight is 463 g/mol. The van der Waals surface area contributed by atoms with Crippen molar-refractivity contribution >= 4 is 11.7 Å². The normalized spacial score (nSPS) is 12.3. The number of β-amino-alcohol motifs (C(OH)–C–C–N with tert-alkyl or cyclic N) is 1. The zero-order valence-electron chi connectivity index (χ0n) is 19.8. The van der Waals surface area contributed by atoms with Crippen LogP contribution in [0.1, 0.15) is 42.2 Å². The van der Waals surface area contributed by atoms with Gasteiger partial charge in [0.05, 0.1) is 12.5 Å². The summed E-state index contributed by atoms with van der Waals surface area (Å²) in [5.41, 5.74) is 8.94. The van der Waals surface area contributed by atoms with Gasteiger partial charge in [0.2, 0.25) is 5.91 Å². The highest BCUT2D eigenvalue weighted by Crippen LogP contribution is 2.18. The van der Waals surface area contributed by atoms with Gasteiger partial charge in [-0.15, -0.1) is 0 Å². The van der Waals surface area contributed by atoms with Crippen LogP contribution < -0.4 is 16.4 Å². The first-order valence-corrected chi connectivity index (χ1v) is 11.5. The second-order valence-electron chi connectivity index (χ2n) is 9.20. The number of para-hydroxylation sites is 1. The Morgan fingerprint density at radius 2 is 1.85 bits per heavy atom. The van der Waals surface area contributed by atoms with E-state index in [2.05, 4.69) is 29.5 Å². The van der Waals surface area contributed by atoms with Crippen molar-refractivity contribution in [1.82, 2.24) is 15.6 Å². The Bertz CT molecular complexity index is 1080. The standard InChI is InChI=1S/C27H34N4O3/c1-27(2,31-18-24(33)22-10-11-25(28)30-17-22)16-20-7-5-6-19(14-20)15-26(34)29-13-12-21-8-3-4-9-23(21)32/h3-11,14,17,24,31-33H,12-13,15-16,18H2,1-2H3,(H2,28,30)(H,29,34)/t24-/m0/s1. The summed E-state index contributed by atoms with van der Waals surface area (Å²) in [5.74, 6) is 0.622. The minimum atomic E-state index is -0.680. The van der Waals surface area contributed by atoms with Crippen molar-refractivity contribution in [2.75, 3.05) is 18.8 Å². The van der Waals surface area contributed by atoms with E-state index in [1.165, 1.54) is 0 Å². The lowest BCUT2D eigenvalue weighted by atomic mass is 9.93. The van der Waals surface area contributed by atoms with Gasteiger partial charge in [0, 0.05) is 30.4 Å². The number of amides is 1. The van der Waals surface area contributed by atoms with Crippen molar-refractivity contribution in [1.29, 1.82) is 0 Å². The van der Waals surface area contributed by atoms with Crippen LogP contribution in [0.4, 0.5) is 5.82 Å². The molecule has 0 aliphatic carbocycles. The van der Waals surface area contributed by atoms with Crippen LogP contribution in [0.5, 0.6) is 5.75 Å². The molecule has 0 saturated heterocycles. The number of rotatable bonds is 11. The highest BCUT2D eigenvalue weighted by Gasteiger charge is 2.20. The van der Waals surface area contributed by atoms with Gasteiger partial charge in [0.25, 0.3) is 0 Å². The summed E-state index contributed by atoms with van der Waals surface area (Å²) in [6.07, 6.45) is 2.52. The maximum atomic E-state index is 12.4. The predicted molar refractivity (Wildman–Crippen MR) is 134 cm³/mol. The topological polar surface area (TPSA) is 120 Å². The van der Waals surface area contributed by atoms with Crippen LogP contribution in [0.2, 0.25) is 0 Å². The minimum Gasteiger partial charge on any atom is -0.508 e. The fourth-order valence-electron chi connectivity index (χ4n) is 3.83. The van der Waals surface area contributed by atoms with E-state index < -0.39 is 6.10 Å². The van der Waals surface area contributed by atoms with Gasteiger partial charge in [-0.1, -0.05) is 48.5 Å². The number of nitrogens with zero attached hydrogens (tertiary/aromatic N) is 1. The molecule has 0 aliphatic rings. The molecule has 0 aliphatic heterocycles. The van der Waals surface area contributed by atoms with Crippen LogP contribution in [0.25, 0.3) is 0 Å². The zero-order chi connectivity index (χ0) is 24.6. The predicted octanol–water partition coefficient (Wildman–Crippen LogP) is 2.92. The highest BCUT2D eigenvalue weighted by molar-refractivity contribution is 5.78. The lowest BCUT2D eigenvalue weighted by Gasteiger charge is -2.28. The van der Waals surface area contributed by atoms with Gasteiger partial charge in [0.15, 0.2) is 0 Å². The van der Waals surface area contributed by atoms with E-state index in [0.29, 0.717) is 37.3 Å². The van der Waals surface area contributed by atoms with Crippen molar-refractivity contribution in [3.05, 3.63) is 89.1 Å². The van der Waals surface area contributed by atoms with Gasteiger partial charge < -0.3 is 26.6 Å². The molecule has 34 heavy (non-hydrogen) atoms. The SMILES string of the molecule is CC(C)(Cc1cccc(CC(=O)NCCc2ccccc2O)c1)NC[C@H](O)c1ccc(N)nc1. The summed E-state index contributed by atoms with van der Waals surface area (Å²) in [6.45, 7) is 5.02. The fraction of sp³-hybridized carbons (Fsp3) is 0.333. The van der Waals surface area contributed by atoms with E-state index in [4.69, 9.17) is 5.73 Å². The fourth-order valence-corrected chi connectivity index (χ4v) is 3.83. The number of benzene rings is 2. The van der Waals surface area contributed by atoms with Crippen molar-refractivity contribution in [2.24, 2.45) is 0 Å². The molecule has 1 atom stereocenters. The first kappa shape index (κ1) is 25.2. The number of pyridine rings is 1. The third-order valence-corrected chi connectivity index (χ3v) is 5.68. The van der Waals surface area contributed by atoms with Crippen LogP contribution >= 0.6 is 0 Å². The van der Waals surface area contributed by atoms with Crippen LogP contribution in [0.3, 0.4) is 0 Å². The van der Waals surface area contributed by atoms with E-state index in [1.54, 1.807) is 30.5 Å². The minimum absolute atomic E-state index is 0.0508. The molecule has 1 aromatic heterocycles. The van der Waals surface area contributed by atoms with Crippen molar-refractivity contribution in [3.63, 3.8) is 0 Å². The van der Waals surface area contributed by atoms with E-state index in [9.17, 15) is 15.0 Å². The molecule has 0 unspecified atom stereocenters. The average Bonchev–Trinajstić information content (AvgIpc) is 2.79. The van der Waals surface area contributed by atoms with Gasteiger partial charge in [-0.25, -0.2) is 4.98 Å². The summed E-state index contributed by atoms with van der Waals surface area (Å²) < 4.78 is 0. The quantitative estimate of drug-likeness (QED) is 0.299. The molecule has 0 bridgehead atoms. The number of phenols is 1. The number of hydrogen-bond acceptors (Lipinski definition) is 6. The molecular formula is C27H34N4O3. The molecular weight excluding hydrogens is 428 g/mol. The van der Waals surface area contributed by atoms with Crippen LogP contribution in [-0.4, -0.2) is 39.7 Å². The first-order chi connectivity index (χ1) is 16.2. The summed E-state index contributed by atoms with van der Waals surface area (Å²) in [5, 5.41) is 26.6. The molecule has 1 amide bonds. The molecule has 0 fully saturated rings. The van der Waals surface area contributed by atoms with Gasteiger partial charge in [0.1, 0.15) is 11.6 Å². The molecule has 180 valence electrons. The third-order valence-electron chi connectivity index (χ3n) is 5.68. The molecule has 7 heteroatoms. The van der Waals surface area contributed by atoms with Crippen LogP contribution in [0, 0.1) is 0 Å². The molecule has 0 spiro atoms. The number of phenolic OH excluding ortho intramolecular Hbond substituents is 1. The Labute approximate surface area is 201 Å². The third kappa shape index (κ3) is 7.86. The maximum absolute atomic E-state index is 12.4. The Hall–Kier alpha value is -3.42. The number of hydrogen-bond donors (Lipinski definition) is 5. The Kier molecular flexibility index (Phi) is 8.62. The van der Waals surface area contributed by atoms with Crippen LogP contribution in [0.15, 0.2) is 66.9 Å². The number of aromatic nitrogens is 1. The number of nitrogens with one attached hydrogen (secondary N) is 2. The second-order valence-corrected chi connectivity index (χ2v) is 9.20. The van der Waals surface area contributed by atoms with Crippen molar-refractivity contribution < 1.29 is 15.0 Å². The number of aliphatic hydroxyl groups excluding tert-OH is 1. The number of aliphatic hydroxyl groups is 1. The number of aromatic hydroxyl groups is 1. The number of anilines is 1. The van der Waals surface area contributed by atoms with Crippen LogP contribution in [-0.2, 0) is 24.1 Å².